The van der Waals surface area contributed by atoms with Gasteiger partial charge in [0, 0.05) is 18.5 Å². The van der Waals surface area contributed by atoms with E-state index in [0.717, 1.165) is 4.70 Å². The molecular formula is C13H13N3O4S. The molecule has 3 rings (SSSR count). The van der Waals surface area contributed by atoms with Crippen LogP contribution in [-0.2, 0) is 4.79 Å². The zero-order chi connectivity index (χ0) is 15.1. The molecule has 2 aromatic rings. The number of fused-ring (bicyclic) bond motifs is 1. The molecule has 0 saturated carbocycles. The van der Waals surface area contributed by atoms with Crippen molar-refractivity contribution in [2.45, 2.75) is 18.6 Å². The average molecular weight is 307 g/mol. The number of aliphatic hydroxyl groups excluding tert-OH is 1. The Hall–Kier alpha value is -2.19. The van der Waals surface area contributed by atoms with E-state index >= 15 is 0 Å². The molecule has 4 N–H and O–H groups in total. The molecule has 0 unspecified atom stereocenters. The van der Waals surface area contributed by atoms with Crippen LogP contribution < -0.4 is 5.73 Å². The topological polar surface area (TPSA) is 117 Å². The van der Waals surface area contributed by atoms with Gasteiger partial charge in [0.05, 0.1) is 16.3 Å². The molecule has 0 bridgehead atoms. The molecule has 1 aliphatic heterocycles. The molecule has 1 aromatic carbocycles. The third kappa shape index (κ3) is 2.43. The molecule has 110 valence electrons. The number of carboxylic acid groups (broad SMARTS) is 1. The number of benzene rings is 1. The number of nitrogen functional groups attached to an aromatic ring is 1. The summed E-state index contributed by atoms with van der Waals surface area (Å²) in [7, 11) is 0. The number of likely N-dealkylation sites (tertiary alicyclic amines) is 1. The number of hydrogen-bond acceptors (Lipinski definition) is 6. The molecule has 0 radical (unpaired) electrons. The summed E-state index contributed by atoms with van der Waals surface area (Å²) in [6, 6.07) is 3.93. The maximum absolute atomic E-state index is 12.5. The molecule has 1 fully saturated rings. The van der Waals surface area contributed by atoms with Crippen LogP contribution >= 0.6 is 11.3 Å². The van der Waals surface area contributed by atoms with E-state index in [1.165, 1.54) is 16.2 Å². The Bertz CT molecular complexity index is 729. The molecule has 0 aliphatic carbocycles. The van der Waals surface area contributed by atoms with Crippen molar-refractivity contribution < 1.29 is 19.8 Å². The average Bonchev–Trinajstić information content (AvgIpc) is 2.98. The van der Waals surface area contributed by atoms with Crippen LogP contribution in [0.4, 0.5) is 5.13 Å². The van der Waals surface area contributed by atoms with Gasteiger partial charge in [0.25, 0.3) is 5.91 Å². The van der Waals surface area contributed by atoms with Crippen LogP contribution in [0.25, 0.3) is 10.2 Å². The molecule has 1 aromatic heterocycles. The summed E-state index contributed by atoms with van der Waals surface area (Å²) in [6.45, 7) is 0.0265. The fraction of sp³-hybridized carbons (Fsp3) is 0.308. The largest absolute Gasteiger partial charge is 0.480 e. The molecular weight excluding hydrogens is 294 g/mol. The van der Waals surface area contributed by atoms with Gasteiger partial charge in [-0.15, -0.1) is 0 Å². The summed E-state index contributed by atoms with van der Waals surface area (Å²) >= 11 is 1.26. The number of carboxylic acids is 1. The number of aliphatic hydroxyl groups is 1. The quantitative estimate of drug-likeness (QED) is 0.745. The number of anilines is 1. The smallest absolute Gasteiger partial charge is 0.326 e. The summed E-state index contributed by atoms with van der Waals surface area (Å²) in [6.07, 6.45) is -0.755. The van der Waals surface area contributed by atoms with Crippen molar-refractivity contribution in [2.75, 3.05) is 12.3 Å². The maximum Gasteiger partial charge on any atom is 0.326 e. The number of aliphatic carboxylic acids is 1. The number of carbonyl (C=O) groups excluding carboxylic acids is 1. The van der Waals surface area contributed by atoms with Crippen molar-refractivity contribution in [3.05, 3.63) is 23.8 Å². The van der Waals surface area contributed by atoms with E-state index in [0.29, 0.717) is 16.2 Å². The lowest BCUT2D eigenvalue weighted by Gasteiger charge is -2.21. The first kappa shape index (κ1) is 13.8. The molecule has 21 heavy (non-hydrogen) atoms. The number of nitrogens with zero attached hydrogens (tertiary/aromatic N) is 2. The van der Waals surface area contributed by atoms with E-state index in [9.17, 15) is 14.7 Å². The van der Waals surface area contributed by atoms with Crippen molar-refractivity contribution in [3.63, 3.8) is 0 Å². The number of aromatic nitrogens is 1. The van der Waals surface area contributed by atoms with E-state index in [2.05, 4.69) is 4.98 Å². The first-order valence-electron chi connectivity index (χ1n) is 6.33. The minimum atomic E-state index is -1.11. The van der Waals surface area contributed by atoms with Crippen LogP contribution in [0.1, 0.15) is 16.8 Å². The van der Waals surface area contributed by atoms with E-state index in [1.807, 2.05) is 0 Å². The van der Waals surface area contributed by atoms with Gasteiger partial charge in [0.1, 0.15) is 6.04 Å². The van der Waals surface area contributed by atoms with Gasteiger partial charge in [-0.2, -0.15) is 0 Å². The van der Waals surface area contributed by atoms with Crippen molar-refractivity contribution in [2.24, 2.45) is 0 Å². The molecule has 1 aliphatic rings. The predicted octanol–water partition coefficient (Wildman–Crippen LogP) is 0.538. The Morgan fingerprint density at radius 3 is 2.90 bits per heavy atom. The summed E-state index contributed by atoms with van der Waals surface area (Å²) in [5, 5.41) is 19.2. The summed E-state index contributed by atoms with van der Waals surface area (Å²) in [5.74, 6) is -1.52. The fourth-order valence-corrected chi connectivity index (χ4v) is 3.29. The van der Waals surface area contributed by atoms with Crippen LogP contribution in [-0.4, -0.2) is 50.7 Å². The maximum atomic E-state index is 12.5. The van der Waals surface area contributed by atoms with Crippen LogP contribution in [0.5, 0.6) is 0 Å². The number of rotatable bonds is 2. The predicted molar refractivity (Wildman–Crippen MR) is 77.1 cm³/mol. The fourth-order valence-electron chi connectivity index (χ4n) is 2.51. The van der Waals surface area contributed by atoms with Gasteiger partial charge in [-0.1, -0.05) is 11.3 Å². The Kier molecular flexibility index (Phi) is 3.26. The highest BCUT2D eigenvalue weighted by Gasteiger charge is 2.39. The first-order valence-corrected chi connectivity index (χ1v) is 7.15. The molecule has 1 saturated heterocycles. The van der Waals surface area contributed by atoms with Gasteiger partial charge < -0.3 is 20.8 Å². The van der Waals surface area contributed by atoms with E-state index in [4.69, 9.17) is 10.8 Å². The number of hydrogen-bond donors (Lipinski definition) is 3. The van der Waals surface area contributed by atoms with Gasteiger partial charge in [0.2, 0.25) is 0 Å². The molecule has 7 nitrogen and oxygen atoms in total. The van der Waals surface area contributed by atoms with Crippen LogP contribution in [0.2, 0.25) is 0 Å². The van der Waals surface area contributed by atoms with Gasteiger partial charge in [-0.05, 0) is 18.2 Å². The Morgan fingerprint density at radius 2 is 2.19 bits per heavy atom. The van der Waals surface area contributed by atoms with Gasteiger partial charge >= 0.3 is 5.97 Å². The minimum absolute atomic E-state index is 0.0265. The monoisotopic (exact) mass is 307 g/mol. The van der Waals surface area contributed by atoms with Crippen LogP contribution in [0.15, 0.2) is 18.2 Å². The number of thiazole rings is 1. The van der Waals surface area contributed by atoms with Crippen molar-refractivity contribution in [1.29, 1.82) is 0 Å². The Labute approximate surface area is 123 Å². The van der Waals surface area contributed by atoms with E-state index in [1.54, 1.807) is 18.2 Å². The third-order valence-electron chi connectivity index (χ3n) is 3.48. The van der Waals surface area contributed by atoms with Crippen molar-refractivity contribution >= 4 is 38.6 Å². The molecule has 0 spiro atoms. The molecule has 2 atom stereocenters. The highest BCUT2D eigenvalue weighted by atomic mass is 32.1. The summed E-state index contributed by atoms with van der Waals surface area (Å²) in [5.41, 5.74) is 6.69. The summed E-state index contributed by atoms with van der Waals surface area (Å²) in [4.78, 5) is 28.9. The Balaban J connectivity index is 1.93. The molecule has 1 amide bonds. The number of carbonyl (C=O) groups is 2. The van der Waals surface area contributed by atoms with Gasteiger partial charge in [-0.3, -0.25) is 4.79 Å². The summed E-state index contributed by atoms with van der Waals surface area (Å²) < 4.78 is 0.768. The second kappa shape index (κ2) is 4.97. The third-order valence-corrected chi connectivity index (χ3v) is 4.32. The number of amides is 1. The highest BCUT2D eigenvalue weighted by Crippen LogP contribution is 2.27. The first-order chi connectivity index (χ1) is 9.95. The zero-order valence-electron chi connectivity index (χ0n) is 10.9. The minimum Gasteiger partial charge on any atom is -0.480 e. The van der Waals surface area contributed by atoms with Crippen LogP contribution in [0.3, 0.4) is 0 Å². The van der Waals surface area contributed by atoms with Gasteiger partial charge in [0.15, 0.2) is 5.13 Å². The normalized spacial score (nSPS) is 21.9. The second-order valence-corrected chi connectivity index (χ2v) is 6.00. The van der Waals surface area contributed by atoms with Gasteiger partial charge in [-0.25, -0.2) is 9.78 Å². The molecule has 8 heteroatoms. The lowest BCUT2D eigenvalue weighted by molar-refractivity contribution is -0.141. The van der Waals surface area contributed by atoms with E-state index in [-0.39, 0.29) is 13.0 Å². The Morgan fingerprint density at radius 1 is 1.43 bits per heavy atom. The van der Waals surface area contributed by atoms with Crippen molar-refractivity contribution in [1.82, 2.24) is 9.88 Å². The SMILES string of the molecule is Nc1nc2ccc(C(=O)N3C[C@@H](O)C[C@H]3C(=O)O)cc2s1. The van der Waals surface area contributed by atoms with Crippen molar-refractivity contribution in [3.8, 4) is 0 Å². The highest BCUT2D eigenvalue weighted by molar-refractivity contribution is 7.22. The second-order valence-electron chi connectivity index (χ2n) is 4.94. The van der Waals surface area contributed by atoms with E-state index < -0.39 is 24.0 Å². The van der Waals surface area contributed by atoms with Crippen LogP contribution in [0, 0.1) is 0 Å². The number of β-amino-alcohol motifs (C(OH)–C–C–N with tert-alkyl or cyclic N) is 1. The standard InChI is InChI=1S/C13H13N3O4S/c14-13-15-8-2-1-6(3-10(8)21-13)11(18)16-5-7(17)4-9(16)12(19)20/h1-3,7,9,17H,4-5H2,(H2,14,15)(H,19,20)/t7-,9-/m0/s1. The molecule has 2 heterocycles. The lowest BCUT2D eigenvalue weighted by Crippen LogP contribution is -2.40. The zero-order valence-corrected chi connectivity index (χ0v) is 11.7. The lowest BCUT2D eigenvalue weighted by atomic mass is 10.1. The number of nitrogens with two attached hydrogens (primary N) is 1.